The lowest BCUT2D eigenvalue weighted by Gasteiger charge is -2.19. The fourth-order valence-electron chi connectivity index (χ4n) is 4.43. The van der Waals surface area contributed by atoms with Crippen LogP contribution in [0.3, 0.4) is 0 Å². The van der Waals surface area contributed by atoms with Gasteiger partial charge in [0.05, 0.1) is 0 Å². The lowest BCUT2D eigenvalue weighted by atomic mass is 9.99. The fourth-order valence-corrected chi connectivity index (χ4v) is 7.52. The van der Waals surface area contributed by atoms with Gasteiger partial charge in [-0.1, -0.05) is 99.7 Å². The van der Waals surface area contributed by atoms with Crippen molar-refractivity contribution < 1.29 is 0 Å². The summed E-state index contributed by atoms with van der Waals surface area (Å²) in [6.45, 7) is 9.14. The monoisotopic (exact) mass is 407 g/mol. The zero-order valence-corrected chi connectivity index (χ0v) is 18.8. The molecule has 0 aliphatic carbocycles. The highest BCUT2D eigenvalue weighted by Crippen LogP contribution is 2.35. The van der Waals surface area contributed by atoms with E-state index in [1.165, 1.54) is 21.5 Å². The molecule has 1 aromatic heterocycles. The first-order valence-corrected chi connectivity index (χ1v) is 13.5. The summed E-state index contributed by atoms with van der Waals surface area (Å²) in [5.41, 5.74) is 4.78. The maximum absolute atomic E-state index is 4.95. The Labute approximate surface area is 178 Å². The van der Waals surface area contributed by atoms with Gasteiger partial charge in [0.15, 0.2) is 11.6 Å². The molecule has 1 aliphatic rings. The zero-order valence-electron chi connectivity index (χ0n) is 17.8. The maximum atomic E-state index is 4.95. The molecule has 30 heavy (non-hydrogen) atoms. The van der Waals surface area contributed by atoms with E-state index in [0.717, 1.165) is 28.6 Å². The Kier molecular flexibility index (Phi) is 4.40. The number of hydrogen-bond donors (Lipinski definition) is 0. The largest absolute Gasteiger partial charge is 0.213 e. The highest BCUT2D eigenvalue weighted by Gasteiger charge is 2.38. The second-order valence-electron chi connectivity index (χ2n) is 8.76. The van der Waals surface area contributed by atoms with Crippen LogP contribution < -0.4 is 10.4 Å². The molecule has 0 N–H and O–H groups in total. The third kappa shape index (κ3) is 2.91. The molecule has 0 bridgehead atoms. The van der Waals surface area contributed by atoms with Crippen LogP contribution in [0.4, 0.5) is 0 Å². The van der Waals surface area contributed by atoms with Gasteiger partial charge in [0, 0.05) is 17.0 Å². The third-order valence-corrected chi connectivity index (χ3v) is 9.60. The number of rotatable bonds is 3. The predicted molar refractivity (Wildman–Crippen MR) is 127 cm³/mol. The van der Waals surface area contributed by atoms with Crippen molar-refractivity contribution in [3.05, 3.63) is 78.6 Å². The van der Waals surface area contributed by atoms with Gasteiger partial charge in [-0.05, 0) is 21.5 Å². The Balaban J connectivity index is 1.78. The van der Waals surface area contributed by atoms with E-state index in [0.29, 0.717) is 0 Å². The summed E-state index contributed by atoms with van der Waals surface area (Å²) in [7, 11) is -1.73. The van der Waals surface area contributed by atoms with E-state index in [1.807, 2.05) is 18.2 Å². The van der Waals surface area contributed by atoms with Crippen LogP contribution in [0.15, 0.2) is 72.8 Å². The molecule has 1 aliphatic heterocycles. The first-order chi connectivity index (χ1) is 14.5. The second-order valence-corrected chi connectivity index (χ2v) is 13.1. The van der Waals surface area contributed by atoms with Gasteiger partial charge in [-0.15, -0.1) is 0 Å². The van der Waals surface area contributed by atoms with Crippen LogP contribution in [0.5, 0.6) is 0 Å². The van der Waals surface area contributed by atoms with Crippen molar-refractivity contribution in [2.75, 3.05) is 0 Å². The molecular weight excluding hydrogens is 382 g/mol. The second kappa shape index (κ2) is 6.99. The third-order valence-electron chi connectivity index (χ3n) is 6.05. The summed E-state index contributed by atoms with van der Waals surface area (Å²) >= 11 is 0. The molecule has 2 heterocycles. The Bertz CT molecular complexity index is 1250. The number of aromatic nitrogens is 3. The van der Waals surface area contributed by atoms with Crippen molar-refractivity contribution in [1.82, 2.24) is 15.0 Å². The summed E-state index contributed by atoms with van der Waals surface area (Å²) in [5.74, 6) is 2.57. The minimum Gasteiger partial charge on any atom is -0.213 e. The SMILES string of the molecule is CC(C)c1nc(-c2ccccc2)nc(-c2cccc3c2-c2ccccc2[Si]3(C)C)n1. The van der Waals surface area contributed by atoms with Crippen LogP contribution >= 0.6 is 0 Å². The Morgan fingerprint density at radius 1 is 0.633 bits per heavy atom. The van der Waals surface area contributed by atoms with E-state index < -0.39 is 8.07 Å². The summed E-state index contributed by atoms with van der Waals surface area (Å²) in [6, 6.07) is 25.7. The molecule has 148 valence electrons. The molecule has 0 spiro atoms. The molecule has 4 heteroatoms. The minimum atomic E-state index is -1.73. The van der Waals surface area contributed by atoms with Gasteiger partial charge < -0.3 is 0 Å². The summed E-state index contributed by atoms with van der Waals surface area (Å²) in [6.07, 6.45) is 0. The van der Waals surface area contributed by atoms with Gasteiger partial charge in [0.25, 0.3) is 0 Å². The van der Waals surface area contributed by atoms with Crippen LogP contribution in [-0.4, -0.2) is 23.0 Å². The highest BCUT2D eigenvalue weighted by atomic mass is 28.3. The van der Waals surface area contributed by atoms with Crippen molar-refractivity contribution in [3.63, 3.8) is 0 Å². The molecule has 0 saturated heterocycles. The summed E-state index contributed by atoms with van der Waals surface area (Å²) in [5, 5.41) is 2.96. The van der Waals surface area contributed by atoms with E-state index in [2.05, 4.69) is 81.5 Å². The van der Waals surface area contributed by atoms with Crippen molar-refractivity contribution in [2.24, 2.45) is 0 Å². The molecular formula is C26H25N3Si. The molecule has 0 unspecified atom stereocenters. The fraction of sp³-hybridized carbons (Fsp3) is 0.192. The van der Waals surface area contributed by atoms with Gasteiger partial charge in [0.2, 0.25) is 0 Å². The average molecular weight is 408 g/mol. The summed E-state index contributed by atoms with van der Waals surface area (Å²) in [4.78, 5) is 14.6. The number of nitrogens with zero attached hydrogens (tertiary/aromatic N) is 3. The highest BCUT2D eigenvalue weighted by molar-refractivity contribution is 7.04. The smallest absolute Gasteiger partial charge is 0.164 e. The first kappa shape index (κ1) is 18.9. The van der Waals surface area contributed by atoms with Gasteiger partial charge in [-0.2, -0.15) is 0 Å². The van der Waals surface area contributed by atoms with Gasteiger partial charge in [-0.3, -0.25) is 0 Å². The average Bonchev–Trinajstić information content (AvgIpc) is 3.01. The molecule has 4 aromatic rings. The lowest BCUT2D eigenvalue weighted by Crippen LogP contribution is -2.49. The molecule has 0 atom stereocenters. The number of fused-ring (bicyclic) bond motifs is 3. The first-order valence-electron chi connectivity index (χ1n) is 10.5. The summed E-state index contributed by atoms with van der Waals surface area (Å²) < 4.78 is 0. The molecule has 5 rings (SSSR count). The predicted octanol–water partition coefficient (Wildman–Crippen LogP) is 5.13. The zero-order chi connectivity index (χ0) is 20.9. The van der Waals surface area contributed by atoms with E-state index >= 15 is 0 Å². The standard InChI is InChI=1S/C26H25N3Si/c1-17(2)24-27-25(18-11-6-5-7-12-18)29-26(28-24)20-14-10-16-22-23(20)19-13-8-9-15-21(19)30(22,3)4/h5-17H,1-4H3. The Morgan fingerprint density at radius 2 is 1.27 bits per heavy atom. The number of hydrogen-bond acceptors (Lipinski definition) is 3. The van der Waals surface area contributed by atoms with Gasteiger partial charge in [0.1, 0.15) is 13.9 Å². The van der Waals surface area contributed by atoms with Crippen molar-refractivity contribution in [2.45, 2.75) is 32.9 Å². The molecule has 3 nitrogen and oxygen atoms in total. The van der Waals surface area contributed by atoms with Crippen LogP contribution in [0.2, 0.25) is 13.1 Å². The molecule has 3 aromatic carbocycles. The Morgan fingerprint density at radius 3 is 2.03 bits per heavy atom. The Hall–Kier alpha value is -3.11. The van der Waals surface area contributed by atoms with Crippen molar-refractivity contribution >= 4 is 18.4 Å². The van der Waals surface area contributed by atoms with E-state index in [4.69, 9.17) is 15.0 Å². The van der Waals surface area contributed by atoms with Crippen LogP contribution in [-0.2, 0) is 0 Å². The minimum absolute atomic E-state index is 0.226. The van der Waals surface area contributed by atoms with Crippen LogP contribution in [0, 0.1) is 0 Å². The van der Waals surface area contributed by atoms with Crippen LogP contribution in [0.1, 0.15) is 25.6 Å². The lowest BCUT2D eigenvalue weighted by molar-refractivity contribution is 0.766. The van der Waals surface area contributed by atoms with Gasteiger partial charge in [-0.25, -0.2) is 15.0 Å². The number of benzene rings is 3. The quantitative estimate of drug-likeness (QED) is 0.442. The topological polar surface area (TPSA) is 38.7 Å². The van der Waals surface area contributed by atoms with E-state index in [1.54, 1.807) is 0 Å². The molecule has 0 radical (unpaired) electrons. The van der Waals surface area contributed by atoms with Crippen molar-refractivity contribution in [1.29, 1.82) is 0 Å². The van der Waals surface area contributed by atoms with Crippen molar-refractivity contribution in [3.8, 4) is 33.9 Å². The normalized spacial score (nSPS) is 13.9. The maximum Gasteiger partial charge on any atom is 0.164 e. The van der Waals surface area contributed by atoms with E-state index in [9.17, 15) is 0 Å². The molecule has 0 fully saturated rings. The van der Waals surface area contributed by atoms with Gasteiger partial charge >= 0.3 is 0 Å². The van der Waals surface area contributed by atoms with E-state index in [-0.39, 0.29) is 5.92 Å². The molecule has 0 amide bonds. The molecule has 0 saturated carbocycles. The van der Waals surface area contributed by atoms with Crippen LogP contribution in [0.25, 0.3) is 33.9 Å².